The van der Waals surface area contributed by atoms with E-state index < -0.39 is 11.4 Å². The van der Waals surface area contributed by atoms with E-state index in [1.165, 1.54) is 43.3 Å². The van der Waals surface area contributed by atoms with Crippen LogP contribution in [-0.2, 0) is 0 Å². The highest BCUT2D eigenvalue weighted by atomic mass is 19.1. The van der Waals surface area contributed by atoms with Crippen LogP contribution in [0.4, 0.5) is 10.1 Å². The Kier molecular flexibility index (Phi) is 6.41. The number of halogens is 1. The minimum atomic E-state index is -0.415. The van der Waals surface area contributed by atoms with Crippen LogP contribution in [0.1, 0.15) is 35.2 Å². The van der Waals surface area contributed by atoms with Gasteiger partial charge in [0.2, 0.25) is 0 Å². The van der Waals surface area contributed by atoms with Crippen molar-refractivity contribution in [3.63, 3.8) is 0 Å². The number of hydrogen-bond acceptors (Lipinski definition) is 6. The number of H-pyrrole nitrogens is 1. The van der Waals surface area contributed by atoms with E-state index in [2.05, 4.69) is 20.0 Å². The largest absolute Gasteiger partial charge is 0.337 e. The van der Waals surface area contributed by atoms with Crippen molar-refractivity contribution in [1.29, 1.82) is 0 Å². The summed E-state index contributed by atoms with van der Waals surface area (Å²) >= 11 is 0. The molecule has 1 atom stereocenters. The number of fused-ring (bicyclic) bond motifs is 1. The molecule has 1 amide bonds. The van der Waals surface area contributed by atoms with E-state index in [0.717, 1.165) is 32.6 Å². The fourth-order valence-electron chi connectivity index (χ4n) is 4.91. The molecule has 2 saturated heterocycles. The van der Waals surface area contributed by atoms with Crippen LogP contribution in [0.25, 0.3) is 10.9 Å². The molecule has 2 aliphatic rings. The minimum Gasteiger partial charge on any atom is -0.337 e. The predicted octanol–water partition coefficient (Wildman–Crippen LogP) is 3.04. The third-order valence-electron chi connectivity index (χ3n) is 6.76. The number of amides is 1. The maximum absolute atomic E-state index is 13.6. The van der Waals surface area contributed by atoms with Crippen LogP contribution in [-0.4, -0.2) is 64.8 Å². The number of likely N-dealkylation sites (tertiary alicyclic amines) is 2. The minimum absolute atomic E-state index is 0.00976. The number of carbonyl (C=O) groups excluding carboxylic acids is 1. The number of nitrogens with one attached hydrogen (secondary N) is 1. The highest BCUT2D eigenvalue weighted by molar-refractivity contribution is 6.38. The summed E-state index contributed by atoms with van der Waals surface area (Å²) < 4.78 is 13.6. The quantitative estimate of drug-likeness (QED) is 0.337. The normalized spacial score (nSPS) is 19.3. The van der Waals surface area contributed by atoms with Crippen molar-refractivity contribution in [1.82, 2.24) is 14.8 Å². The third-order valence-corrected chi connectivity index (χ3v) is 6.76. The van der Waals surface area contributed by atoms with Crippen molar-refractivity contribution in [2.75, 3.05) is 26.2 Å². The van der Waals surface area contributed by atoms with E-state index in [0.29, 0.717) is 28.2 Å². The van der Waals surface area contributed by atoms with Crippen molar-refractivity contribution >= 4 is 34.4 Å². The number of benzene rings is 2. The van der Waals surface area contributed by atoms with Crippen LogP contribution < -0.4 is 11.4 Å². The topological polar surface area (TPSA) is 107 Å². The summed E-state index contributed by atoms with van der Waals surface area (Å²) in [4.78, 5) is 37.2. The van der Waals surface area contributed by atoms with Crippen LogP contribution in [0.5, 0.6) is 0 Å². The van der Waals surface area contributed by atoms with E-state index in [1.807, 2.05) is 4.90 Å². The van der Waals surface area contributed by atoms with Crippen LogP contribution >= 0.6 is 0 Å². The number of nitrogens with zero attached hydrogens (tertiary/aromatic N) is 4. The lowest BCUT2D eigenvalue weighted by atomic mass is 10.1. The highest BCUT2D eigenvalue weighted by Gasteiger charge is 2.31. The molecular weight excluding hydrogens is 447 g/mol. The molecule has 2 aliphatic heterocycles. The van der Waals surface area contributed by atoms with Gasteiger partial charge in [-0.1, -0.05) is 6.07 Å². The van der Waals surface area contributed by atoms with Crippen LogP contribution in [0.3, 0.4) is 0 Å². The maximum atomic E-state index is 13.6. The SMILES string of the molecule is NN=C(C=Nc1cccc(C(=O)N2CCC(N3CCCC3)C2)c1)c1cc2cc(F)ccc2[nH]c1=O. The molecule has 3 N–H and O–H groups in total. The molecule has 180 valence electrons. The van der Waals surface area contributed by atoms with Gasteiger partial charge in [0.15, 0.2) is 0 Å². The summed E-state index contributed by atoms with van der Waals surface area (Å²) in [5.41, 5.74) is 1.51. The van der Waals surface area contributed by atoms with Gasteiger partial charge in [-0.3, -0.25) is 19.5 Å². The highest BCUT2D eigenvalue weighted by Crippen LogP contribution is 2.23. The molecule has 1 aromatic heterocycles. The number of hydrazone groups is 1. The van der Waals surface area contributed by atoms with E-state index in [9.17, 15) is 14.0 Å². The molecule has 0 radical (unpaired) electrons. The molecule has 8 nitrogen and oxygen atoms in total. The lowest BCUT2D eigenvalue weighted by Gasteiger charge is -2.23. The zero-order chi connectivity index (χ0) is 24.4. The Hall–Kier alpha value is -3.85. The molecule has 35 heavy (non-hydrogen) atoms. The van der Waals surface area contributed by atoms with E-state index in [4.69, 9.17) is 5.84 Å². The van der Waals surface area contributed by atoms with Gasteiger partial charge in [-0.05, 0) is 74.8 Å². The van der Waals surface area contributed by atoms with Gasteiger partial charge in [0.1, 0.15) is 11.5 Å². The fourth-order valence-corrected chi connectivity index (χ4v) is 4.91. The first-order chi connectivity index (χ1) is 17.0. The molecule has 0 spiro atoms. The first-order valence-corrected chi connectivity index (χ1v) is 11.8. The average Bonchev–Trinajstić information content (AvgIpc) is 3.57. The second-order valence-corrected chi connectivity index (χ2v) is 9.00. The average molecular weight is 475 g/mol. The molecule has 9 heteroatoms. The number of pyridine rings is 1. The van der Waals surface area contributed by atoms with Crippen molar-refractivity contribution < 1.29 is 9.18 Å². The van der Waals surface area contributed by atoms with Gasteiger partial charge < -0.3 is 15.7 Å². The third kappa shape index (κ3) is 4.85. The van der Waals surface area contributed by atoms with Crippen molar-refractivity contribution in [2.24, 2.45) is 15.9 Å². The Morgan fingerprint density at radius 2 is 1.94 bits per heavy atom. The second-order valence-electron chi connectivity index (χ2n) is 9.00. The maximum Gasteiger partial charge on any atom is 0.258 e. The Morgan fingerprint density at radius 1 is 1.11 bits per heavy atom. The van der Waals surface area contributed by atoms with Crippen LogP contribution in [0.15, 0.2) is 63.4 Å². The Balaban J connectivity index is 1.33. The number of aromatic nitrogens is 1. The molecule has 0 saturated carbocycles. The summed E-state index contributed by atoms with van der Waals surface area (Å²) in [6.07, 6.45) is 4.85. The van der Waals surface area contributed by atoms with Gasteiger partial charge in [0.05, 0.1) is 17.5 Å². The Bertz CT molecular complexity index is 1380. The van der Waals surface area contributed by atoms with Gasteiger partial charge in [0.25, 0.3) is 11.5 Å². The summed E-state index contributed by atoms with van der Waals surface area (Å²) in [5.74, 6) is 5.12. The lowest BCUT2D eigenvalue weighted by Crippen LogP contribution is -2.37. The number of rotatable bonds is 5. The van der Waals surface area contributed by atoms with Gasteiger partial charge in [0, 0.05) is 35.6 Å². The number of hydrogen-bond donors (Lipinski definition) is 2. The molecule has 2 fully saturated rings. The zero-order valence-electron chi connectivity index (χ0n) is 19.3. The number of nitrogens with two attached hydrogens (primary N) is 1. The number of aliphatic imine (C=N–C) groups is 1. The first-order valence-electron chi connectivity index (χ1n) is 11.8. The zero-order valence-corrected chi connectivity index (χ0v) is 19.3. The van der Waals surface area contributed by atoms with Gasteiger partial charge >= 0.3 is 0 Å². The van der Waals surface area contributed by atoms with E-state index in [1.54, 1.807) is 24.3 Å². The second kappa shape index (κ2) is 9.79. The fraction of sp³-hybridized carbons (Fsp3) is 0.308. The summed E-state index contributed by atoms with van der Waals surface area (Å²) in [7, 11) is 0. The van der Waals surface area contributed by atoms with Crippen molar-refractivity contribution in [2.45, 2.75) is 25.3 Å². The van der Waals surface area contributed by atoms with Crippen LogP contribution in [0.2, 0.25) is 0 Å². The van der Waals surface area contributed by atoms with Gasteiger partial charge in [-0.25, -0.2) is 4.39 Å². The van der Waals surface area contributed by atoms with Crippen molar-refractivity contribution in [3.05, 3.63) is 75.8 Å². The van der Waals surface area contributed by atoms with E-state index in [-0.39, 0.29) is 17.2 Å². The summed E-state index contributed by atoms with van der Waals surface area (Å²) in [6.45, 7) is 3.75. The number of aromatic amines is 1. The van der Waals surface area contributed by atoms with E-state index >= 15 is 0 Å². The van der Waals surface area contributed by atoms with Gasteiger partial charge in [-0.2, -0.15) is 5.10 Å². The molecule has 0 bridgehead atoms. The van der Waals surface area contributed by atoms with Gasteiger partial charge in [-0.15, -0.1) is 0 Å². The predicted molar refractivity (Wildman–Crippen MR) is 135 cm³/mol. The summed E-state index contributed by atoms with van der Waals surface area (Å²) in [5, 5.41) is 4.22. The smallest absolute Gasteiger partial charge is 0.258 e. The molecular formula is C26H27FN6O2. The molecule has 2 aromatic carbocycles. The lowest BCUT2D eigenvalue weighted by molar-refractivity contribution is 0.0780. The molecule has 5 rings (SSSR count). The van der Waals surface area contributed by atoms with Crippen molar-refractivity contribution in [3.8, 4) is 0 Å². The molecule has 1 unspecified atom stereocenters. The molecule has 0 aliphatic carbocycles. The Morgan fingerprint density at radius 3 is 2.74 bits per heavy atom. The first kappa shape index (κ1) is 22.9. The number of carbonyl (C=O) groups is 1. The Labute approximate surface area is 202 Å². The molecule has 3 aromatic rings. The molecule has 3 heterocycles. The summed E-state index contributed by atoms with van der Waals surface area (Å²) in [6, 6.07) is 13.1. The monoisotopic (exact) mass is 474 g/mol. The van der Waals surface area contributed by atoms with Crippen LogP contribution in [0, 0.1) is 5.82 Å². The standard InChI is InChI=1S/C26H27FN6O2/c27-19-6-7-23-18(12-19)14-22(25(34)30-23)24(31-28)15-29-20-5-3-4-17(13-20)26(35)33-11-8-21(16-33)32-9-1-2-10-32/h3-7,12-15,21H,1-2,8-11,16,28H2,(H,30,34).